The first kappa shape index (κ1) is 17.8. The van der Waals surface area contributed by atoms with Crippen LogP contribution in [0.15, 0.2) is 79.3 Å². The lowest BCUT2D eigenvalue weighted by atomic mass is 10.1. The maximum atomic E-state index is 13.0. The Hall–Kier alpha value is -3.60. The summed E-state index contributed by atoms with van der Waals surface area (Å²) in [5, 5.41) is 7.54. The highest BCUT2D eigenvalue weighted by Gasteiger charge is 2.20. The summed E-state index contributed by atoms with van der Waals surface area (Å²) in [5.41, 5.74) is 4.85. The van der Waals surface area contributed by atoms with E-state index in [0.717, 1.165) is 28.2 Å². The Morgan fingerprint density at radius 2 is 1.79 bits per heavy atom. The molecular formula is C23H22N4O. The molecule has 0 saturated heterocycles. The lowest BCUT2D eigenvalue weighted by molar-refractivity contribution is 0.0951. The number of hydrogen-bond donors (Lipinski definition) is 1. The first-order valence-electron chi connectivity index (χ1n) is 9.24. The third-order valence-corrected chi connectivity index (χ3v) is 4.78. The summed E-state index contributed by atoms with van der Waals surface area (Å²) in [7, 11) is 0. The quantitative estimate of drug-likeness (QED) is 0.572. The highest BCUT2D eigenvalue weighted by atomic mass is 16.1. The molecule has 4 aromatic rings. The molecule has 2 heterocycles. The van der Waals surface area contributed by atoms with Crippen molar-refractivity contribution in [3.05, 3.63) is 102 Å². The molecule has 0 aliphatic carbocycles. The van der Waals surface area contributed by atoms with E-state index in [-0.39, 0.29) is 5.91 Å². The van der Waals surface area contributed by atoms with Crippen LogP contribution in [0, 0.1) is 13.8 Å². The summed E-state index contributed by atoms with van der Waals surface area (Å²) in [6, 6.07) is 20.0. The van der Waals surface area contributed by atoms with Crippen LogP contribution < -0.4 is 5.32 Å². The summed E-state index contributed by atoms with van der Waals surface area (Å²) >= 11 is 0. The van der Waals surface area contributed by atoms with E-state index in [4.69, 9.17) is 0 Å². The molecule has 0 bridgehead atoms. The van der Waals surface area contributed by atoms with Gasteiger partial charge in [-0.05, 0) is 54.8 Å². The van der Waals surface area contributed by atoms with Gasteiger partial charge in [0.2, 0.25) is 0 Å². The van der Waals surface area contributed by atoms with Crippen molar-refractivity contribution in [1.29, 1.82) is 0 Å². The van der Waals surface area contributed by atoms with Crippen LogP contribution in [-0.4, -0.2) is 20.3 Å². The first-order valence-corrected chi connectivity index (χ1v) is 9.24. The van der Waals surface area contributed by atoms with Crippen molar-refractivity contribution in [2.24, 2.45) is 0 Å². The summed E-state index contributed by atoms with van der Waals surface area (Å²) in [5.74, 6) is 0.573. The second kappa shape index (κ2) is 7.56. The second-order valence-corrected chi connectivity index (χ2v) is 6.83. The zero-order chi connectivity index (χ0) is 19.5. The summed E-state index contributed by atoms with van der Waals surface area (Å²) in [6.45, 7) is 4.56. The van der Waals surface area contributed by atoms with E-state index in [1.807, 2.05) is 85.4 Å². The predicted molar refractivity (Wildman–Crippen MR) is 110 cm³/mol. The van der Waals surface area contributed by atoms with Crippen LogP contribution in [0.2, 0.25) is 0 Å². The van der Waals surface area contributed by atoms with Gasteiger partial charge in [0.25, 0.3) is 5.91 Å². The molecule has 4 rings (SSSR count). The Labute approximate surface area is 164 Å². The maximum absolute atomic E-state index is 13.0. The Morgan fingerprint density at radius 3 is 2.54 bits per heavy atom. The zero-order valence-corrected chi connectivity index (χ0v) is 16.0. The molecule has 0 spiro atoms. The predicted octanol–water partition coefficient (Wildman–Crippen LogP) is 4.21. The van der Waals surface area contributed by atoms with Crippen LogP contribution in [0.4, 0.5) is 0 Å². The maximum Gasteiger partial charge on any atom is 0.256 e. The fourth-order valence-electron chi connectivity index (χ4n) is 3.25. The Kier molecular flexibility index (Phi) is 4.81. The van der Waals surface area contributed by atoms with E-state index in [1.165, 1.54) is 0 Å². The van der Waals surface area contributed by atoms with Crippen molar-refractivity contribution in [1.82, 2.24) is 19.7 Å². The van der Waals surface area contributed by atoms with Crippen LogP contribution >= 0.6 is 0 Å². The average molecular weight is 370 g/mol. The van der Waals surface area contributed by atoms with Crippen LogP contribution in [0.3, 0.4) is 0 Å². The third kappa shape index (κ3) is 3.47. The fraction of sp³-hybridized carbons (Fsp3) is 0.130. The second-order valence-electron chi connectivity index (χ2n) is 6.83. The van der Waals surface area contributed by atoms with Gasteiger partial charge in [-0.2, -0.15) is 5.10 Å². The molecule has 0 fully saturated rings. The van der Waals surface area contributed by atoms with Gasteiger partial charge in [-0.3, -0.25) is 4.79 Å². The van der Waals surface area contributed by atoms with Gasteiger partial charge in [-0.25, -0.2) is 4.68 Å². The summed E-state index contributed by atoms with van der Waals surface area (Å²) in [6.07, 6.45) is 5.47. The molecule has 28 heavy (non-hydrogen) atoms. The van der Waals surface area contributed by atoms with E-state index in [1.54, 1.807) is 10.9 Å². The first-order chi connectivity index (χ1) is 13.6. The lowest BCUT2D eigenvalue weighted by Gasteiger charge is -2.12. The number of carbonyl (C=O) groups excluding carboxylic acids is 1. The van der Waals surface area contributed by atoms with E-state index in [9.17, 15) is 4.79 Å². The highest BCUT2D eigenvalue weighted by molar-refractivity contribution is 5.97. The molecule has 0 saturated carbocycles. The third-order valence-electron chi connectivity index (χ3n) is 4.78. The smallest absolute Gasteiger partial charge is 0.256 e. The topological polar surface area (TPSA) is 51.9 Å². The number of aryl methyl sites for hydroxylation is 2. The van der Waals surface area contributed by atoms with Gasteiger partial charge in [-0.15, -0.1) is 0 Å². The normalized spacial score (nSPS) is 10.8. The van der Waals surface area contributed by atoms with E-state index in [2.05, 4.69) is 16.5 Å². The number of amides is 1. The fourth-order valence-corrected chi connectivity index (χ4v) is 3.25. The van der Waals surface area contributed by atoms with Gasteiger partial charge in [-0.1, -0.05) is 36.4 Å². The zero-order valence-electron chi connectivity index (χ0n) is 16.0. The average Bonchev–Trinajstić information content (AvgIpc) is 3.36. The summed E-state index contributed by atoms with van der Waals surface area (Å²) in [4.78, 5) is 13.0. The number of hydrogen-bond acceptors (Lipinski definition) is 2. The molecule has 5 heteroatoms. The molecule has 0 unspecified atom stereocenters. The van der Waals surface area contributed by atoms with Crippen molar-refractivity contribution < 1.29 is 4.79 Å². The molecule has 1 N–H and O–H groups in total. The minimum absolute atomic E-state index is 0.147. The van der Waals surface area contributed by atoms with Crippen LogP contribution in [0.5, 0.6) is 0 Å². The number of nitrogens with zero attached hydrogens (tertiary/aromatic N) is 3. The van der Waals surface area contributed by atoms with E-state index in [0.29, 0.717) is 12.1 Å². The minimum Gasteiger partial charge on any atom is -0.348 e. The van der Waals surface area contributed by atoms with Crippen molar-refractivity contribution >= 4 is 5.91 Å². The van der Waals surface area contributed by atoms with Crippen LogP contribution in [-0.2, 0) is 6.54 Å². The van der Waals surface area contributed by atoms with Gasteiger partial charge in [0.1, 0.15) is 5.56 Å². The SMILES string of the molecule is Cc1cccc(-n2ncc(C(=O)NCc3ccccc3C)c2-n2cccc2)c1. The molecule has 140 valence electrons. The van der Waals surface area contributed by atoms with Gasteiger partial charge < -0.3 is 9.88 Å². The Balaban J connectivity index is 1.69. The molecule has 0 aliphatic rings. The molecule has 2 aromatic heterocycles. The summed E-state index contributed by atoms with van der Waals surface area (Å²) < 4.78 is 3.72. The van der Waals surface area contributed by atoms with Crippen molar-refractivity contribution in [3.8, 4) is 11.5 Å². The molecule has 0 atom stereocenters. The molecule has 5 nitrogen and oxygen atoms in total. The van der Waals surface area contributed by atoms with E-state index >= 15 is 0 Å². The molecule has 2 aromatic carbocycles. The van der Waals surface area contributed by atoms with Gasteiger partial charge >= 0.3 is 0 Å². The number of carbonyl (C=O) groups is 1. The lowest BCUT2D eigenvalue weighted by Crippen LogP contribution is -2.24. The monoisotopic (exact) mass is 370 g/mol. The van der Waals surface area contributed by atoms with E-state index < -0.39 is 0 Å². The number of rotatable bonds is 5. The molecule has 1 amide bonds. The molecule has 0 aliphatic heterocycles. The Morgan fingerprint density at radius 1 is 1.00 bits per heavy atom. The molecule has 0 radical (unpaired) electrons. The van der Waals surface area contributed by atoms with Gasteiger partial charge in [0.15, 0.2) is 5.82 Å². The number of nitrogens with one attached hydrogen (secondary N) is 1. The van der Waals surface area contributed by atoms with Crippen molar-refractivity contribution in [2.45, 2.75) is 20.4 Å². The number of benzene rings is 2. The largest absolute Gasteiger partial charge is 0.348 e. The highest BCUT2D eigenvalue weighted by Crippen LogP contribution is 2.21. The van der Waals surface area contributed by atoms with Gasteiger partial charge in [0.05, 0.1) is 11.9 Å². The molecular weight excluding hydrogens is 348 g/mol. The van der Waals surface area contributed by atoms with Crippen LogP contribution in [0.1, 0.15) is 27.0 Å². The van der Waals surface area contributed by atoms with Crippen molar-refractivity contribution in [3.63, 3.8) is 0 Å². The Bertz CT molecular complexity index is 1110. The van der Waals surface area contributed by atoms with Crippen molar-refractivity contribution in [2.75, 3.05) is 0 Å². The minimum atomic E-state index is -0.147. The van der Waals surface area contributed by atoms with Gasteiger partial charge in [0, 0.05) is 18.9 Å². The standard InChI is InChI=1S/C23H22N4O/c1-17-8-7-11-20(14-17)27-23(26-12-5-6-13-26)21(16-25-27)22(28)24-15-19-10-4-3-9-18(19)2/h3-14,16H,15H2,1-2H3,(H,24,28). The van der Waals surface area contributed by atoms with Crippen LogP contribution in [0.25, 0.3) is 11.5 Å². The number of aromatic nitrogens is 3.